The number of hydrogen-bond donors (Lipinski definition) is 0. The zero-order chi connectivity index (χ0) is 13.5. The Kier molecular flexibility index (Phi) is 5.76. The first-order valence-corrected chi connectivity index (χ1v) is 6.59. The number of benzene rings is 1. The average Bonchev–Trinajstić information content (AvgIpc) is 2.34. The first-order valence-electron chi connectivity index (χ1n) is 5.23. The molecule has 0 aliphatic carbocycles. The Labute approximate surface area is 116 Å². The van der Waals surface area contributed by atoms with Crippen LogP contribution in [0.4, 0.5) is 0 Å². The van der Waals surface area contributed by atoms with Crippen molar-refractivity contribution in [1.29, 1.82) is 5.26 Å². The van der Waals surface area contributed by atoms with Crippen molar-refractivity contribution in [2.24, 2.45) is 0 Å². The predicted octanol–water partition coefficient (Wildman–Crippen LogP) is 2.97. The molecule has 0 amide bonds. The van der Waals surface area contributed by atoms with E-state index in [2.05, 4.69) is 0 Å². The highest BCUT2D eigenvalue weighted by atomic mass is 35.5. The normalized spacial score (nSPS) is 10.9. The lowest BCUT2D eigenvalue weighted by Crippen LogP contribution is -2.10. The molecule has 0 unspecified atom stereocenters. The summed E-state index contributed by atoms with van der Waals surface area (Å²) in [6, 6.07) is 9.16. The second-order valence-corrected chi connectivity index (χ2v) is 5.27. The quantitative estimate of drug-likeness (QED) is 0.472. The molecule has 3 nitrogen and oxygen atoms in total. The second kappa shape index (κ2) is 7.10. The van der Waals surface area contributed by atoms with Gasteiger partial charge in [0, 0.05) is 30.2 Å². The number of Topliss-reactive ketones (excluding diaryl/α,β-unsaturated/α-hetero) is 1. The van der Waals surface area contributed by atoms with Crippen molar-refractivity contribution in [3.63, 3.8) is 0 Å². The van der Waals surface area contributed by atoms with Gasteiger partial charge in [0.25, 0.3) is 0 Å². The fourth-order valence-corrected chi connectivity index (χ4v) is 2.09. The van der Waals surface area contributed by atoms with Gasteiger partial charge in [-0.1, -0.05) is 11.6 Å². The van der Waals surface area contributed by atoms with Gasteiger partial charge < -0.3 is 4.90 Å². The van der Waals surface area contributed by atoms with Crippen LogP contribution in [0.1, 0.15) is 0 Å². The lowest BCUT2D eigenvalue weighted by Gasteiger charge is -2.06. The van der Waals surface area contributed by atoms with E-state index in [1.807, 2.05) is 18.2 Å². The summed E-state index contributed by atoms with van der Waals surface area (Å²) in [5.41, 5.74) is 0.168. The molecule has 1 aromatic rings. The second-order valence-electron chi connectivity index (χ2n) is 3.78. The lowest BCUT2D eigenvalue weighted by atomic mass is 10.2. The minimum atomic E-state index is -0.175. The molecule has 0 spiro atoms. The number of nitrogens with zero attached hydrogens (tertiary/aromatic N) is 2. The molecule has 0 saturated heterocycles. The number of hydrogen-bond acceptors (Lipinski definition) is 4. The van der Waals surface area contributed by atoms with E-state index < -0.39 is 0 Å². The monoisotopic (exact) mass is 280 g/mol. The van der Waals surface area contributed by atoms with E-state index in [1.54, 1.807) is 31.1 Å². The molecule has 1 rings (SSSR count). The zero-order valence-corrected chi connectivity index (χ0v) is 11.8. The molecule has 0 bridgehead atoms. The standard InChI is InChI=1S/C13H13ClN2OS/c1-16(2)8-10(7-15)13(17)9-18-12-5-3-11(14)4-6-12/h3-6,8H,9H2,1-2H3. The summed E-state index contributed by atoms with van der Waals surface area (Å²) in [7, 11) is 3.55. The lowest BCUT2D eigenvalue weighted by molar-refractivity contribution is -0.112. The predicted molar refractivity (Wildman–Crippen MR) is 74.6 cm³/mol. The number of carbonyl (C=O) groups is 1. The van der Waals surface area contributed by atoms with Gasteiger partial charge in [0.2, 0.25) is 0 Å². The van der Waals surface area contributed by atoms with Gasteiger partial charge in [0.15, 0.2) is 5.78 Å². The van der Waals surface area contributed by atoms with Crippen LogP contribution in [-0.2, 0) is 4.79 Å². The summed E-state index contributed by atoms with van der Waals surface area (Å²) in [6.45, 7) is 0. The van der Waals surface area contributed by atoms with Crippen LogP contribution in [0, 0.1) is 11.3 Å². The van der Waals surface area contributed by atoms with Gasteiger partial charge in [-0.05, 0) is 24.3 Å². The van der Waals surface area contributed by atoms with Crippen LogP contribution in [-0.4, -0.2) is 30.5 Å². The van der Waals surface area contributed by atoms with Crippen molar-refractivity contribution in [3.8, 4) is 6.07 Å². The molecule has 0 N–H and O–H groups in total. The minimum Gasteiger partial charge on any atom is -0.382 e. The van der Waals surface area contributed by atoms with Crippen LogP contribution in [0.25, 0.3) is 0 Å². The number of thioether (sulfide) groups is 1. The van der Waals surface area contributed by atoms with Gasteiger partial charge >= 0.3 is 0 Å². The summed E-state index contributed by atoms with van der Waals surface area (Å²) in [6.07, 6.45) is 1.53. The van der Waals surface area contributed by atoms with Gasteiger partial charge in [-0.25, -0.2) is 0 Å². The molecule has 18 heavy (non-hydrogen) atoms. The molecule has 1 aromatic carbocycles. The molecule has 0 radical (unpaired) electrons. The molecular weight excluding hydrogens is 268 g/mol. The maximum Gasteiger partial charge on any atom is 0.185 e. The summed E-state index contributed by atoms with van der Waals surface area (Å²) in [4.78, 5) is 14.4. The Hall–Kier alpha value is -1.44. The SMILES string of the molecule is CN(C)C=C(C#N)C(=O)CSc1ccc(Cl)cc1. The maximum absolute atomic E-state index is 11.8. The van der Waals surface area contributed by atoms with E-state index in [-0.39, 0.29) is 17.1 Å². The Morgan fingerprint density at radius 1 is 1.44 bits per heavy atom. The molecule has 0 saturated carbocycles. The molecule has 0 aromatic heterocycles. The molecule has 0 aliphatic rings. The van der Waals surface area contributed by atoms with Crippen LogP contribution in [0.2, 0.25) is 5.02 Å². The van der Waals surface area contributed by atoms with Crippen LogP contribution in [0.3, 0.4) is 0 Å². The van der Waals surface area contributed by atoms with E-state index in [0.717, 1.165) is 4.90 Å². The molecule has 5 heteroatoms. The number of nitriles is 1. The summed E-state index contributed by atoms with van der Waals surface area (Å²) in [5.74, 6) is 0.0700. The van der Waals surface area contributed by atoms with Crippen molar-refractivity contribution in [1.82, 2.24) is 4.90 Å². The number of halogens is 1. The van der Waals surface area contributed by atoms with E-state index >= 15 is 0 Å². The van der Waals surface area contributed by atoms with Gasteiger partial charge in [-0.3, -0.25) is 4.79 Å². The number of ketones is 1. The Morgan fingerprint density at radius 3 is 2.56 bits per heavy atom. The first kappa shape index (κ1) is 14.6. The van der Waals surface area contributed by atoms with Gasteiger partial charge in [0.05, 0.1) is 5.75 Å². The van der Waals surface area contributed by atoms with Crippen LogP contribution in [0.15, 0.2) is 40.9 Å². The van der Waals surface area contributed by atoms with E-state index in [9.17, 15) is 4.79 Å². The molecule has 0 atom stereocenters. The minimum absolute atomic E-state index is 0.168. The number of carbonyl (C=O) groups excluding carboxylic acids is 1. The van der Waals surface area contributed by atoms with Crippen molar-refractivity contribution in [2.75, 3.05) is 19.8 Å². The highest BCUT2D eigenvalue weighted by Gasteiger charge is 2.10. The molecular formula is C13H13ClN2OS. The molecule has 0 aliphatic heterocycles. The Balaban J connectivity index is 2.61. The highest BCUT2D eigenvalue weighted by molar-refractivity contribution is 8.00. The van der Waals surface area contributed by atoms with Crippen molar-refractivity contribution < 1.29 is 4.79 Å². The highest BCUT2D eigenvalue weighted by Crippen LogP contribution is 2.21. The van der Waals surface area contributed by atoms with Gasteiger partial charge in [0.1, 0.15) is 11.6 Å². The van der Waals surface area contributed by atoms with Crippen LogP contribution >= 0.6 is 23.4 Å². The average molecular weight is 281 g/mol. The van der Waals surface area contributed by atoms with Crippen molar-refractivity contribution in [2.45, 2.75) is 4.90 Å². The van der Waals surface area contributed by atoms with Crippen LogP contribution < -0.4 is 0 Å². The van der Waals surface area contributed by atoms with E-state index in [1.165, 1.54) is 18.0 Å². The topological polar surface area (TPSA) is 44.1 Å². The van der Waals surface area contributed by atoms with Crippen LogP contribution in [0.5, 0.6) is 0 Å². The zero-order valence-electron chi connectivity index (χ0n) is 10.2. The largest absolute Gasteiger partial charge is 0.382 e. The Morgan fingerprint density at radius 2 is 2.06 bits per heavy atom. The third-order valence-electron chi connectivity index (χ3n) is 1.99. The summed E-state index contributed by atoms with van der Waals surface area (Å²) >= 11 is 7.16. The van der Waals surface area contributed by atoms with E-state index in [4.69, 9.17) is 16.9 Å². The van der Waals surface area contributed by atoms with Crippen molar-refractivity contribution >= 4 is 29.1 Å². The van der Waals surface area contributed by atoms with Gasteiger partial charge in [-0.15, -0.1) is 11.8 Å². The van der Waals surface area contributed by atoms with Gasteiger partial charge in [-0.2, -0.15) is 5.26 Å². The smallest absolute Gasteiger partial charge is 0.185 e. The third-order valence-corrected chi connectivity index (χ3v) is 3.26. The van der Waals surface area contributed by atoms with E-state index in [0.29, 0.717) is 5.02 Å². The first-order chi connectivity index (χ1) is 8.52. The molecule has 0 fully saturated rings. The fourth-order valence-electron chi connectivity index (χ4n) is 1.18. The number of allylic oxidation sites excluding steroid dienone is 1. The number of rotatable bonds is 5. The molecule has 94 valence electrons. The fraction of sp³-hybridized carbons (Fsp3) is 0.231. The third kappa shape index (κ3) is 4.82. The summed E-state index contributed by atoms with van der Waals surface area (Å²) < 4.78 is 0. The van der Waals surface area contributed by atoms with Crippen molar-refractivity contribution in [3.05, 3.63) is 41.1 Å². The molecule has 0 heterocycles. The summed E-state index contributed by atoms with van der Waals surface area (Å²) in [5, 5.41) is 9.55. The Bertz CT molecular complexity index is 489. The maximum atomic E-state index is 11.8.